The number of carbonyl (C=O) groups is 1. The minimum Gasteiger partial charge on any atom is -0.338 e. The van der Waals surface area contributed by atoms with Gasteiger partial charge in [-0.1, -0.05) is 52.4 Å². The smallest absolute Gasteiger partial charge is 0.240 e. The summed E-state index contributed by atoms with van der Waals surface area (Å²) < 4.78 is 1.72. The zero-order chi connectivity index (χ0) is 12.7. The van der Waals surface area contributed by atoms with Gasteiger partial charge in [-0.2, -0.15) is 4.42 Å². The second-order valence-corrected chi connectivity index (χ2v) is 5.27. The summed E-state index contributed by atoms with van der Waals surface area (Å²) in [5, 5.41) is 2.99. The molecule has 1 rings (SSSR count). The molecule has 0 saturated carbocycles. The summed E-state index contributed by atoms with van der Waals surface area (Å²) in [6.45, 7) is 4.35. The fourth-order valence-corrected chi connectivity index (χ4v) is 2.61. The summed E-state index contributed by atoms with van der Waals surface area (Å²) in [5.74, 6) is 0.109. The van der Waals surface area contributed by atoms with Gasteiger partial charge in [0.15, 0.2) is 0 Å². The maximum Gasteiger partial charge on any atom is 0.240 e. The summed E-state index contributed by atoms with van der Waals surface area (Å²) in [6, 6.07) is -0.116. The van der Waals surface area contributed by atoms with Crippen LogP contribution in [0.3, 0.4) is 0 Å². The van der Waals surface area contributed by atoms with Crippen LogP contribution in [0.2, 0.25) is 0 Å². The lowest BCUT2D eigenvalue weighted by Gasteiger charge is -2.19. The molecule has 4 heteroatoms. The van der Waals surface area contributed by atoms with Gasteiger partial charge in [-0.15, -0.1) is 0 Å². The fraction of sp³-hybridized carbons (Fsp3) is 0.923. The molecule has 1 N–H and O–H groups in total. The van der Waals surface area contributed by atoms with Crippen molar-refractivity contribution in [1.82, 2.24) is 9.74 Å². The first-order valence-electron chi connectivity index (χ1n) is 6.95. The Labute approximate surface area is 110 Å². The number of hydrogen-bond donors (Lipinski definition) is 1. The van der Waals surface area contributed by atoms with E-state index in [9.17, 15) is 4.79 Å². The molecule has 1 aliphatic rings. The Morgan fingerprint density at radius 2 is 1.71 bits per heavy atom. The van der Waals surface area contributed by atoms with Crippen molar-refractivity contribution < 1.29 is 4.79 Å². The van der Waals surface area contributed by atoms with Gasteiger partial charge in [-0.25, -0.2) is 0 Å². The predicted molar refractivity (Wildman–Crippen MR) is 71.7 cm³/mol. The number of unbranched alkanes of at least 4 members (excludes halogenated alkanes) is 4. The number of rotatable bonds is 8. The Hall–Kier alpha value is -0.280. The van der Waals surface area contributed by atoms with Gasteiger partial charge in [0.2, 0.25) is 5.91 Å². The van der Waals surface area contributed by atoms with Gasteiger partial charge in [0, 0.05) is 0 Å². The number of hydrogen-bond acceptors (Lipinski definition) is 2. The van der Waals surface area contributed by atoms with Gasteiger partial charge in [0.1, 0.15) is 6.04 Å². The van der Waals surface area contributed by atoms with Crippen molar-refractivity contribution in [3.05, 3.63) is 0 Å². The molecule has 1 heterocycles. The van der Waals surface area contributed by atoms with E-state index in [2.05, 4.69) is 19.2 Å². The maximum atomic E-state index is 11.8. The van der Waals surface area contributed by atoms with Crippen LogP contribution < -0.4 is 5.32 Å². The first-order chi connectivity index (χ1) is 8.20. The van der Waals surface area contributed by atoms with E-state index in [1.807, 2.05) is 0 Å². The van der Waals surface area contributed by atoms with Crippen LogP contribution in [0.5, 0.6) is 0 Å². The number of halogens is 1. The lowest BCUT2D eigenvalue weighted by atomic mass is 10.1. The first kappa shape index (κ1) is 14.8. The van der Waals surface area contributed by atoms with Gasteiger partial charge < -0.3 is 5.32 Å². The third-order valence-corrected chi connectivity index (χ3v) is 3.84. The molecule has 0 aromatic heterocycles. The molecule has 2 atom stereocenters. The molecule has 17 heavy (non-hydrogen) atoms. The van der Waals surface area contributed by atoms with E-state index >= 15 is 0 Å². The van der Waals surface area contributed by atoms with Crippen molar-refractivity contribution in [2.45, 2.75) is 77.4 Å². The molecule has 1 aliphatic heterocycles. The lowest BCUT2D eigenvalue weighted by Crippen LogP contribution is -2.31. The van der Waals surface area contributed by atoms with Crippen molar-refractivity contribution in [3.63, 3.8) is 0 Å². The van der Waals surface area contributed by atoms with E-state index in [0.717, 1.165) is 25.7 Å². The molecule has 1 amide bonds. The summed E-state index contributed by atoms with van der Waals surface area (Å²) in [7, 11) is 0. The van der Waals surface area contributed by atoms with Crippen LogP contribution in [-0.2, 0) is 4.79 Å². The number of nitrogens with one attached hydrogen (secondary N) is 1. The Balaban J connectivity index is 2.33. The van der Waals surface area contributed by atoms with Crippen LogP contribution in [0.1, 0.15) is 65.2 Å². The van der Waals surface area contributed by atoms with Crippen LogP contribution in [0.4, 0.5) is 0 Å². The Morgan fingerprint density at radius 1 is 1.12 bits per heavy atom. The lowest BCUT2D eigenvalue weighted by molar-refractivity contribution is -0.121. The second kappa shape index (κ2) is 7.93. The Morgan fingerprint density at radius 3 is 2.29 bits per heavy atom. The summed E-state index contributed by atoms with van der Waals surface area (Å²) in [5.41, 5.74) is 0. The topological polar surface area (TPSA) is 32.3 Å². The molecule has 0 aromatic rings. The summed E-state index contributed by atoms with van der Waals surface area (Å²) in [4.78, 5) is 11.8. The van der Waals surface area contributed by atoms with Crippen LogP contribution in [-0.4, -0.2) is 22.5 Å². The standard InChI is InChI=1S/C13H25ClN2O/c1-3-5-7-9-11-13(17)15-12(16(11)14)10-8-6-4-2/h11-12H,3-10H2,1-2H3,(H,15,17). The third-order valence-electron chi connectivity index (χ3n) is 3.37. The molecular formula is C13H25ClN2O. The van der Waals surface area contributed by atoms with Gasteiger partial charge in [-0.3, -0.25) is 4.79 Å². The molecule has 3 nitrogen and oxygen atoms in total. The predicted octanol–water partition coefficient (Wildman–Crippen LogP) is 3.43. The van der Waals surface area contributed by atoms with Crippen molar-refractivity contribution in [2.24, 2.45) is 0 Å². The van der Waals surface area contributed by atoms with Crippen LogP contribution in [0.15, 0.2) is 0 Å². The van der Waals surface area contributed by atoms with Crippen LogP contribution in [0, 0.1) is 0 Å². The van der Waals surface area contributed by atoms with E-state index in [0.29, 0.717) is 0 Å². The SMILES string of the molecule is CCCCCC1NC(=O)C(CCCCC)N1Cl. The highest BCUT2D eigenvalue weighted by Gasteiger charge is 2.37. The number of nitrogens with zero attached hydrogens (tertiary/aromatic N) is 1. The zero-order valence-electron chi connectivity index (χ0n) is 11.0. The van der Waals surface area contributed by atoms with E-state index < -0.39 is 0 Å². The molecule has 0 radical (unpaired) electrons. The molecular weight excluding hydrogens is 236 g/mol. The second-order valence-electron chi connectivity index (χ2n) is 4.88. The van der Waals surface area contributed by atoms with Crippen molar-refractivity contribution >= 4 is 17.7 Å². The average molecular weight is 261 g/mol. The summed E-state index contributed by atoms with van der Waals surface area (Å²) >= 11 is 6.25. The highest BCUT2D eigenvalue weighted by molar-refractivity contribution is 6.16. The highest BCUT2D eigenvalue weighted by atomic mass is 35.5. The molecule has 0 spiro atoms. The third kappa shape index (κ3) is 4.47. The van der Waals surface area contributed by atoms with Crippen LogP contribution >= 0.6 is 11.8 Å². The van der Waals surface area contributed by atoms with E-state index in [1.165, 1.54) is 25.7 Å². The van der Waals surface area contributed by atoms with Gasteiger partial charge in [-0.05, 0) is 24.6 Å². The van der Waals surface area contributed by atoms with Crippen molar-refractivity contribution in [3.8, 4) is 0 Å². The molecule has 2 unspecified atom stereocenters. The zero-order valence-corrected chi connectivity index (χ0v) is 11.8. The van der Waals surface area contributed by atoms with Gasteiger partial charge in [0.05, 0.1) is 6.17 Å². The monoisotopic (exact) mass is 260 g/mol. The molecule has 1 saturated heterocycles. The van der Waals surface area contributed by atoms with E-state index in [1.54, 1.807) is 4.42 Å². The average Bonchev–Trinajstić information content (AvgIpc) is 2.57. The fourth-order valence-electron chi connectivity index (χ4n) is 2.28. The molecule has 100 valence electrons. The van der Waals surface area contributed by atoms with Crippen molar-refractivity contribution in [2.75, 3.05) is 0 Å². The summed E-state index contributed by atoms with van der Waals surface area (Å²) in [6.07, 6.45) is 8.86. The number of amides is 1. The Kier molecular flexibility index (Phi) is 6.90. The van der Waals surface area contributed by atoms with Gasteiger partial charge >= 0.3 is 0 Å². The number of carbonyl (C=O) groups excluding carboxylic acids is 1. The molecule has 1 fully saturated rings. The maximum absolute atomic E-state index is 11.8. The highest BCUT2D eigenvalue weighted by Crippen LogP contribution is 2.23. The minimum atomic E-state index is -0.116. The van der Waals surface area contributed by atoms with E-state index in [-0.39, 0.29) is 18.1 Å². The van der Waals surface area contributed by atoms with Gasteiger partial charge in [0.25, 0.3) is 0 Å². The molecule has 0 aromatic carbocycles. The van der Waals surface area contributed by atoms with Crippen molar-refractivity contribution in [1.29, 1.82) is 0 Å². The quantitative estimate of drug-likeness (QED) is 0.536. The van der Waals surface area contributed by atoms with Crippen LogP contribution in [0.25, 0.3) is 0 Å². The minimum absolute atomic E-state index is 0.0438. The molecule has 0 aliphatic carbocycles. The molecule has 0 bridgehead atoms. The largest absolute Gasteiger partial charge is 0.338 e. The van der Waals surface area contributed by atoms with E-state index in [4.69, 9.17) is 11.8 Å². The first-order valence-corrected chi connectivity index (χ1v) is 7.29. The Bertz CT molecular complexity index is 235. The normalized spacial score (nSPS) is 25.2.